The molecule has 3 N–H and O–H groups in total. The number of nitrogens with one attached hydrogen (secondary N) is 1. The summed E-state index contributed by atoms with van der Waals surface area (Å²) in [7, 11) is 4.28. The Hall–Kier alpha value is -0.530. The first-order valence-electron chi connectivity index (χ1n) is 7.28. The summed E-state index contributed by atoms with van der Waals surface area (Å²) in [5.74, 6) is 5.52. The average molecular weight is 359 g/mol. The molecule has 1 fully saturated rings. The minimum Gasteiger partial charge on any atom is -0.304 e. The van der Waals surface area contributed by atoms with E-state index < -0.39 is 0 Å². The van der Waals surface area contributed by atoms with Crippen LogP contribution < -0.4 is 11.3 Å². The van der Waals surface area contributed by atoms with Gasteiger partial charge in [0.2, 0.25) is 0 Å². The van der Waals surface area contributed by atoms with Crippen molar-refractivity contribution in [2.45, 2.75) is 24.9 Å². The van der Waals surface area contributed by atoms with Crippen molar-refractivity contribution in [1.29, 1.82) is 0 Å². The van der Waals surface area contributed by atoms with Gasteiger partial charge < -0.3 is 9.80 Å². The van der Waals surface area contributed by atoms with Crippen LogP contribution in [0.2, 0.25) is 0 Å². The monoisotopic (exact) mass is 358 g/mol. The van der Waals surface area contributed by atoms with Gasteiger partial charge in [-0.15, -0.1) is 0 Å². The van der Waals surface area contributed by atoms with Crippen LogP contribution in [0.15, 0.2) is 22.7 Å². The van der Waals surface area contributed by atoms with E-state index in [9.17, 15) is 4.39 Å². The standard InChI is InChI=1S/C15H24BrFN4/c1-20-5-6-21(2)14(10-20)9-13(19-18)8-11-7-12(16)3-4-15(11)17/h3-4,7,13-14,19H,5-6,8-10,18H2,1-2H3. The van der Waals surface area contributed by atoms with Crippen molar-refractivity contribution in [3.63, 3.8) is 0 Å². The lowest BCUT2D eigenvalue weighted by Crippen LogP contribution is -2.53. The van der Waals surface area contributed by atoms with Gasteiger partial charge in [0.15, 0.2) is 0 Å². The molecule has 1 aromatic rings. The molecule has 4 nitrogen and oxygen atoms in total. The van der Waals surface area contributed by atoms with Crippen LogP contribution in [0.3, 0.4) is 0 Å². The van der Waals surface area contributed by atoms with E-state index in [-0.39, 0.29) is 11.9 Å². The third kappa shape index (κ3) is 4.72. The van der Waals surface area contributed by atoms with Crippen molar-refractivity contribution in [2.75, 3.05) is 33.7 Å². The Morgan fingerprint density at radius 2 is 2.19 bits per heavy atom. The molecular weight excluding hydrogens is 335 g/mol. The first-order chi connectivity index (χ1) is 9.99. The van der Waals surface area contributed by atoms with Crippen molar-refractivity contribution in [1.82, 2.24) is 15.2 Å². The number of likely N-dealkylation sites (N-methyl/N-ethyl adjacent to an activating group) is 2. The van der Waals surface area contributed by atoms with Crippen LogP contribution in [-0.2, 0) is 6.42 Å². The Labute approximate surface area is 134 Å². The smallest absolute Gasteiger partial charge is 0.126 e. The van der Waals surface area contributed by atoms with Gasteiger partial charge in [-0.3, -0.25) is 11.3 Å². The molecule has 1 saturated heterocycles. The lowest BCUT2D eigenvalue weighted by Gasteiger charge is -2.39. The maximum Gasteiger partial charge on any atom is 0.126 e. The lowest BCUT2D eigenvalue weighted by atomic mass is 9.97. The van der Waals surface area contributed by atoms with Gasteiger partial charge in [0, 0.05) is 36.2 Å². The van der Waals surface area contributed by atoms with Gasteiger partial charge >= 0.3 is 0 Å². The van der Waals surface area contributed by atoms with E-state index in [1.54, 1.807) is 6.07 Å². The van der Waals surface area contributed by atoms with E-state index in [0.717, 1.165) is 30.5 Å². The highest BCUT2D eigenvalue weighted by molar-refractivity contribution is 9.10. The van der Waals surface area contributed by atoms with Crippen LogP contribution in [0.4, 0.5) is 4.39 Å². The molecule has 2 unspecified atom stereocenters. The molecule has 21 heavy (non-hydrogen) atoms. The maximum absolute atomic E-state index is 13.9. The van der Waals surface area contributed by atoms with Gasteiger partial charge in [-0.2, -0.15) is 0 Å². The topological polar surface area (TPSA) is 44.5 Å². The van der Waals surface area contributed by atoms with Crippen molar-refractivity contribution < 1.29 is 4.39 Å². The Morgan fingerprint density at radius 3 is 2.90 bits per heavy atom. The lowest BCUT2D eigenvalue weighted by molar-refractivity contribution is 0.101. The molecular formula is C15H24BrFN4. The van der Waals surface area contributed by atoms with Crippen LogP contribution in [0.5, 0.6) is 0 Å². The zero-order chi connectivity index (χ0) is 15.4. The van der Waals surface area contributed by atoms with E-state index in [4.69, 9.17) is 5.84 Å². The van der Waals surface area contributed by atoms with Crippen LogP contribution in [0.1, 0.15) is 12.0 Å². The van der Waals surface area contributed by atoms with Crippen molar-refractivity contribution in [3.8, 4) is 0 Å². The number of nitrogens with zero attached hydrogens (tertiary/aromatic N) is 2. The van der Waals surface area contributed by atoms with Gasteiger partial charge in [-0.05, 0) is 50.7 Å². The van der Waals surface area contributed by atoms with Crippen LogP contribution in [0.25, 0.3) is 0 Å². The number of benzene rings is 1. The quantitative estimate of drug-likeness (QED) is 0.619. The molecule has 0 aliphatic carbocycles. The highest BCUT2D eigenvalue weighted by Crippen LogP contribution is 2.19. The zero-order valence-corrected chi connectivity index (χ0v) is 14.2. The fraction of sp³-hybridized carbons (Fsp3) is 0.600. The maximum atomic E-state index is 13.9. The molecule has 1 heterocycles. The molecule has 0 aromatic heterocycles. The Kier molecular flexibility index (Phi) is 6.13. The van der Waals surface area contributed by atoms with E-state index in [1.807, 2.05) is 6.07 Å². The minimum absolute atomic E-state index is 0.0627. The summed E-state index contributed by atoms with van der Waals surface area (Å²) in [5.41, 5.74) is 3.55. The molecule has 0 spiro atoms. The number of hydrazine groups is 1. The average Bonchev–Trinajstić information content (AvgIpc) is 2.45. The Balaban J connectivity index is 2.01. The second-order valence-electron chi connectivity index (χ2n) is 5.94. The predicted octanol–water partition coefficient (Wildman–Crippen LogP) is 1.60. The molecule has 1 aromatic carbocycles. The summed E-state index contributed by atoms with van der Waals surface area (Å²) in [5, 5.41) is 0. The zero-order valence-electron chi connectivity index (χ0n) is 12.6. The largest absolute Gasteiger partial charge is 0.304 e. The molecule has 0 bridgehead atoms. The van der Waals surface area contributed by atoms with Crippen molar-refractivity contribution in [3.05, 3.63) is 34.1 Å². The Morgan fingerprint density at radius 1 is 1.43 bits per heavy atom. The third-order valence-corrected chi connectivity index (χ3v) is 4.74. The molecule has 2 atom stereocenters. The fourth-order valence-electron chi connectivity index (χ4n) is 2.86. The molecule has 6 heteroatoms. The van der Waals surface area contributed by atoms with E-state index in [2.05, 4.69) is 45.3 Å². The first-order valence-corrected chi connectivity index (χ1v) is 8.07. The van der Waals surface area contributed by atoms with Gasteiger partial charge in [0.1, 0.15) is 5.82 Å². The van der Waals surface area contributed by atoms with Gasteiger partial charge in [0.05, 0.1) is 0 Å². The summed E-state index contributed by atoms with van der Waals surface area (Å²) >= 11 is 3.39. The van der Waals surface area contributed by atoms with Gasteiger partial charge in [-0.25, -0.2) is 4.39 Å². The number of hydrogen-bond donors (Lipinski definition) is 2. The second-order valence-corrected chi connectivity index (χ2v) is 6.85. The summed E-state index contributed by atoms with van der Waals surface area (Å²) in [6.45, 7) is 3.17. The number of halogens is 2. The summed E-state index contributed by atoms with van der Waals surface area (Å²) < 4.78 is 14.8. The fourth-order valence-corrected chi connectivity index (χ4v) is 3.27. The highest BCUT2D eigenvalue weighted by atomic mass is 79.9. The molecule has 2 rings (SSSR count). The van der Waals surface area contributed by atoms with E-state index in [0.29, 0.717) is 18.0 Å². The minimum atomic E-state index is -0.174. The first kappa shape index (κ1) is 16.8. The normalized spacial score (nSPS) is 22.4. The Bertz CT molecular complexity index is 471. The predicted molar refractivity (Wildman–Crippen MR) is 87.4 cm³/mol. The number of nitrogens with two attached hydrogens (primary N) is 1. The summed E-state index contributed by atoms with van der Waals surface area (Å²) in [4.78, 5) is 4.69. The molecule has 0 amide bonds. The number of rotatable bonds is 5. The molecule has 1 aliphatic rings. The molecule has 1 aliphatic heterocycles. The van der Waals surface area contributed by atoms with E-state index in [1.165, 1.54) is 6.07 Å². The number of piperazine rings is 1. The van der Waals surface area contributed by atoms with E-state index >= 15 is 0 Å². The molecule has 0 radical (unpaired) electrons. The highest BCUT2D eigenvalue weighted by Gasteiger charge is 2.25. The molecule has 0 saturated carbocycles. The molecule has 118 valence electrons. The summed E-state index contributed by atoms with van der Waals surface area (Å²) in [6.07, 6.45) is 1.50. The van der Waals surface area contributed by atoms with Crippen LogP contribution in [-0.4, -0.2) is 55.6 Å². The SMILES string of the molecule is CN1CCN(C)C(CC(Cc2cc(Br)ccc2F)NN)C1. The second kappa shape index (κ2) is 7.65. The third-order valence-electron chi connectivity index (χ3n) is 4.25. The van der Waals surface area contributed by atoms with Crippen LogP contribution >= 0.6 is 15.9 Å². The van der Waals surface area contributed by atoms with Crippen molar-refractivity contribution >= 4 is 15.9 Å². The van der Waals surface area contributed by atoms with Crippen LogP contribution in [0, 0.1) is 5.82 Å². The van der Waals surface area contributed by atoms with Gasteiger partial charge in [0.25, 0.3) is 0 Å². The number of hydrogen-bond acceptors (Lipinski definition) is 4. The van der Waals surface area contributed by atoms with Crippen molar-refractivity contribution in [2.24, 2.45) is 5.84 Å². The van der Waals surface area contributed by atoms with Gasteiger partial charge in [-0.1, -0.05) is 15.9 Å². The summed E-state index contributed by atoms with van der Waals surface area (Å²) in [6, 6.07) is 5.55.